The van der Waals surface area contributed by atoms with Crippen molar-refractivity contribution < 1.29 is 18.7 Å². The van der Waals surface area contributed by atoms with Crippen LogP contribution in [0.4, 0.5) is 15.8 Å². The number of anilines is 2. The van der Waals surface area contributed by atoms with Gasteiger partial charge in [0, 0.05) is 37.4 Å². The standard InChI is InChI=1S/C19H24FN5O3/c1-14(11-24-6-8-28-9-7-24)19(27)23-17-10-21-25(12-17)13-18(26)22-16-4-2-15(20)3-5-16/h2-5,10,12,14H,6-9,11,13H2,1H3,(H,22,26)(H,23,27). The van der Waals surface area contributed by atoms with Crippen LogP contribution in [0.15, 0.2) is 36.7 Å². The minimum Gasteiger partial charge on any atom is -0.379 e. The molecule has 1 unspecified atom stereocenters. The molecule has 2 aromatic rings. The molecule has 0 aliphatic carbocycles. The summed E-state index contributed by atoms with van der Waals surface area (Å²) in [5.41, 5.74) is 1.04. The summed E-state index contributed by atoms with van der Waals surface area (Å²) >= 11 is 0. The van der Waals surface area contributed by atoms with E-state index in [2.05, 4.69) is 20.6 Å². The maximum Gasteiger partial charge on any atom is 0.246 e. The van der Waals surface area contributed by atoms with E-state index in [1.54, 1.807) is 6.20 Å². The molecule has 9 heteroatoms. The number of nitrogens with zero attached hydrogens (tertiary/aromatic N) is 3. The van der Waals surface area contributed by atoms with Gasteiger partial charge in [0.05, 0.1) is 25.1 Å². The van der Waals surface area contributed by atoms with Crippen molar-refractivity contribution in [2.45, 2.75) is 13.5 Å². The smallest absolute Gasteiger partial charge is 0.246 e. The van der Waals surface area contributed by atoms with Crippen LogP contribution in [0.25, 0.3) is 0 Å². The maximum atomic E-state index is 12.9. The van der Waals surface area contributed by atoms with Crippen LogP contribution in [0.5, 0.6) is 0 Å². The van der Waals surface area contributed by atoms with E-state index in [-0.39, 0.29) is 30.1 Å². The largest absolute Gasteiger partial charge is 0.379 e. The zero-order chi connectivity index (χ0) is 19.9. The van der Waals surface area contributed by atoms with E-state index < -0.39 is 0 Å². The van der Waals surface area contributed by atoms with Crippen molar-refractivity contribution in [2.24, 2.45) is 5.92 Å². The van der Waals surface area contributed by atoms with Gasteiger partial charge in [-0.15, -0.1) is 0 Å². The number of carbonyl (C=O) groups excluding carboxylic acids is 2. The number of nitrogens with one attached hydrogen (secondary N) is 2. The lowest BCUT2D eigenvalue weighted by Gasteiger charge is -2.28. The van der Waals surface area contributed by atoms with E-state index in [1.807, 2.05) is 6.92 Å². The zero-order valence-electron chi connectivity index (χ0n) is 15.7. The summed E-state index contributed by atoms with van der Waals surface area (Å²) in [6, 6.07) is 5.51. The Morgan fingerprint density at radius 3 is 2.61 bits per heavy atom. The second-order valence-electron chi connectivity index (χ2n) is 6.78. The highest BCUT2D eigenvalue weighted by Crippen LogP contribution is 2.11. The fourth-order valence-electron chi connectivity index (χ4n) is 2.91. The first kappa shape index (κ1) is 20.0. The molecule has 1 aromatic heterocycles. The molecule has 1 saturated heterocycles. The average molecular weight is 389 g/mol. The second-order valence-corrected chi connectivity index (χ2v) is 6.78. The van der Waals surface area contributed by atoms with E-state index in [0.29, 0.717) is 31.1 Å². The normalized spacial score (nSPS) is 15.8. The van der Waals surface area contributed by atoms with Gasteiger partial charge in [-0.3, -0.25) is 19.2 Å². The monoisotopic (exact) mass is 389 g/mol. The second kappa shape index (κ2) is 9.43. The molecule has 28 heavy (non-hydrogen) atoms. The summed E-state index contributed by atoms with van der Waals surface area (Å²) in [5.74, 6) is -0.938. The van der Waals surface area contributed by atoms with Crippen molar-refractivity contribution >= 4 is 23.2 Å². The van der Waals surface area contributed by atoms with Crippen molar-refractivity contribution in [1.82, 2.24) is 14.7 Å². The van der Waals surface area contributed by atoms with E-state index in [1.165, 1.54) is 35.1 Å². The molecule has 8 nitrogen and oxygen atoms in total. The van der Waals surface area contributed by atoms with Crippen LogP contribution in [0.3, 0.4) is 0 Å². The fraction of sp³-hybridized carbons (Fsp3) is 0.421. The van der Waals surface area contributed by atoms with Gasteiger partial charge >= 0.3 is 0 Å². The Morgan fingerprint density at radius 1 is 1.18 bits per heavy atom. The Balaban J connectivity index is 1.46. The Morgan fingerprint density at radius 2 is 1.89 bits per heavy atom. The highest BCUT2D eigenvalue weighted by Gasteiger charge is 2.19. The molecule has 1 aromatic carbocycles. The number of hydrogen-bond acceptors (Lipinski definition) is 5. The van der Waals surface area contributed by atoms with Crippen LogP contribution in [0, 0.1) is 11.7 Å². The molecule has 0 spiro atoms. The molecule has 1 aliphatic heterocycles. The van der Waals surface area contributed by atoms with Crippen molar-refractivity contribution in [3.8, 4) is 0 Å². The molecular formula is C19H24FN5O3. The van der Waals surface area contributed by atoms with Crippen LogP contribution < -0.4 is 10.6 Å². The van der Waals surface area contributed by atoms with E-state index in [4.69, 9.17) is 4.74 Å². The number of rotatable bonds is 7. The maximum absolute atomic E-state index is 12.9. The molecule has 2 heterocycles. The fourth-order valence-corrected chi connectivity index (χ4v) is 2.91. The number of ether oxygens (including phenoxy) is 1. The number of halogens is 1. The predicted molar refractivity (Wildman–Crippen MR) is 102 cm³/mol. The third kappa shape index (κ3) is 5.86. The van der Waals surface area contributed by atoms with E-state index in [0.717, 1.165) is 13.1 Å². The first-order valence-corrected chi connectivity index (χ1v) is 9.18. The highest BCUT2D eigenvalue weighted by molar-refractivity contribution is 5.92. The Bertz CT molecular complexity index is 802. The van der Waals surface area contributed by atoms with Gasteiger partial charge in [0.15, 0.2) is 0 Å². The third-order valence-corrected chi connectivity index (χ3v) is 4.42. The number of carbonyl (C=O) groups is 2. The number of benzene rings is 1. The van der Waals surface area contributed by atoms with Crippen LogP contribution in [-0.2, 0) is 20.9 Å². The lowest BCUT2D eigenvalue weighted by Crippen LogP contribution is -2.41. The predicted octanol–water partition coefficient (Wildman–Crippen LogP) is 1.57. The number of morpholine rings is 1. The minimum atomic E-state index is -0.367. The van der Waals surface area contributed by atoms with Gasteiger partial charge in [-0.2, -0.15) is 5.10 Å². The molecule has 3 rings (SSSR count). The molecule has 1 aliphatic rings. The van der Waals surface area contributed by atoms with Gasteiger partial charge in [0.1, 0.15) is 12.4 Å². The topological polar surface area (TPSA) is 88.5 Å². The lowest BCUT2D eigenvalue weighted by molar-refractivity contribution is -0.120. The summed E-state index contributed by atoms with van der Waals surface area (Å²) in [7, 11) is 0. The van der Waals surface area contributed by atoms with Gasteiger partial charge in [-0.1, -0.05) is 6.92 Å². The zero-order valence-corrected chi connectivity index (χ0v) is 15.7. The molecule has 2 N–H and O–H groups in total. The van der Waals surface area contributed by atoms with Crippen LogP contribution in [0.1, 0.15) is 6.92 Å². The van der Waals surface area contributed by atoms with E-state index >= 15 is 0 Å². The van der Waals surface area contributed by atoms with Crippen LogP contribution in [0.2, 0.25) is 0 Å². The van der Waals surface area contributed by atoms with Crippen molar-refractivity contribution in [3.05, 3.63) is 42.5 Å². The first-order chi connectivity index (χ1) is 13.5. The minimum absolute atomic E-state index is 0.0173. The Hall–Kier alpha value is -2.78. The Kier molecular flexibility index (Phi) is 6.72. The summed E-state index contributed by atoms with van der Waals surface area (Å²) < 4.78 is 19.6. The number of aromatic nitrogens is 2. The SMILES string of the molecule is CC(CN1CCOCC1)C(=O)Nc1cnn(CC(=O)Nc2ccc(F)cc2)c1. The molecule has 0 radical (unpaired) electrons. The van der Waals surface area contributed by atoms with Gasteiger partial charge < -0.3 is 15.4 Å². The number of amides is 2. The van der Waals surface area contributed by atoms with Crippen LogP contribution in [-0.4, -0.2) is 59.3 Å². The molecule has 0 bridgehead atoms. The summed E-state index contributed by atoms with van der Waals surface area (Å²) in [6.07, 6.45) is 3.11. The van der Waals surface area contributed by atoms with Gasteiger partial charge in [0.2, 0.25) is 11.8 Å². The number of hydrogen-bond donors (Lipinski definition) is 2. The molecular weight excluding hydrogens is 365 g/mol. The van der Waals surface area contributed by atoms with Gasteiger partial charge in [-0.25, -0.2) is 4.39 Å². The van der Waals surface area contributed by atoms with E-state index in [9.17, 15) is 14.0 Å². The lowest BCUT2D eigenvalue weighted by atomic mass is 10.1. The van der Waals surface area contributed by atoms with Crippen LogP contribution >= 0.6 is 0 Å². The summed E-state index contributed by atoms with van der Waals surface area (Å²) in [4.78, 5) is 26.6. The summed E-state index contributed by atoms with van der Waals surface area (Å²) in [6.45, 7) is 5.59. The summed E-state index contributed by atoms with van der Waals surface area (Å²) in [5, 5.41) is 9.58. The third-order valence-electron chi connectivity index (χ3n) is 4.42. The molecule has 0 saturated carbocycles. The van der Waals surface area contributed by atoms with Crippen molar-refractivity contribution in [1.29, 1.82) is 0 Å². The quantitative estimate of drug-likeness (QED) is 0.750. The van der Waals surface area contributed by atoms with Gasteiger partial charge in [-0.05, 0) is 24.3 Å². The first-order valence-electron chi connectivity index (χ1n) is 9.18. The average Bonchev–Trinajstić information content (AvgIpc) is 3.11. The molecule has 150 valence electrons. The Labute approximate surface area is 162 Å². The molecule has 1 fully saturated rings. The molecule has 1 atom stereocenters. The highest BCUT2D eigenvalue weighted by atomic mass is 19.1. The molecule has 2 amide bonds. The van der Waals surface area contributed by atoms with Crippen molar-refractivity contribution in [3.63, 3.8) is 0 Å². The van der Waals surface area contributed by atoms with Crippen molar-refractivity contribution in [2.75, 3.05) is 43.5 Å². The van der Waals surface area contributed by atoms with Gasteiger partial charge in [0.25, 0.3) is 0 Å².